The zero-order chi connectivity index (χ0) is 33.1. The van der Waals surface area contributed by atoms with Crippen molar-refractivity contribution in [1.29, 1.82) is 0 Å². The molecule has 254 valence electrons. The standard InChI is InChI=1S/C36H57NO5.C3H6/c1-20-23(30(38)37-33(3,4)5)19-24(20)31(39)42-28-14-17-34(6)25(21(28)2)12-16-35(7)26-13-18-36(32(40)41)15-8-9-27(36)22(26)10-11-29(34)35;1-3-2/h20-29H,8-19H2,1-7H3,(H,37,38)(H,40,41);3H,1H2,2H3. The van der Waals surface area contributed by atoms with Crippen molar-refractivity contribution in [2.45, 2.75) is 144 Å². The molecule has 6 nitrogen and oxygen atoms in total. The Kier molecular flexibility index (Phi) is 9.43. The number of hydrogen-bond acceptors (Lipinski definition) is 4. The van der Waals surface area contributed by atoms with Gasteiger partial charge in [0.25, 0.3) is 0 Å². The lowest BCUT2D eigenvalue weighted by Gasteiger charge is -2.67. The van der Waals surface area contributed by atoms with Gasteiger partial charge in [-0.05, 0) is 151 Å². The van der Waals surface area contributed by atoms with E-state index in [0.717, 1.165) is 44.9 Å². The molecule has 6 saturated carbocycles. The molecule has 0 aromatic rings. The second-order valence-corrected chi connectivity index (χ2v) is 17.9. The van der Waals surface area contributed by atoms with Crippen molar-refractivity contribution >= 4 is 17.8 Å². The van der Waals surface area contributed by atoms with E-state index >= 15 is 0 Å². The van der Waals surface area contributed by atoms with Gasteiger partial charge in [0, 0.05) is 11.5 Å². The second kappa shape index (κ2) is 12.3. The Balaban J connectivity index is 0.00000128. The fourth-order valence-corrected chi connectivity index (χ4v) is 12.5. The maximum atomic E-state index is 13.3. The first-order valence-electron chi connectivity index (χ1n) is 18.4. The fourth-order valence-electron chi connectivity index (χ4n) is 12.5. The number of ether oxygens (including phenoxy) is 1. The normalized spacial score (nSPS) is 46.8. The van der Waals surface area contributed by atoms with Crippen LogP contribution >= 0.6 is 0 Å². The average Bonchev–Trinajstić information content (AvgIpc) is 3.39. The van der Waals surface area contributed by atoms with Gasteiger partial charge in [-0.25, -0.2) is 0 Å². The quantitative estimate of drug-likeness (QED) is 0.242. The number of esters is 1. The second-order valence-electron chi connectivity index (χ2n) is 17.9. The maximum Gasteiger partial charge on any atom is 0.309 e. The summed E-state index contributed by atoms with van der Waals surface area (Å²) in [5.41, 5.74) is -0.180. The molecule has 0 aliphatic heterocycles. The highest BCUT2D eigenvalue weighted by molar-refractivity contribution is 5.84. The molecule has 0 saturated heterocycles. The van der Waals surface area contributed by atoms with Crippen molar-refractivity contribution in [2.24, 2.45) is 69.5 Å². The molecule has 6 fully saturated rings. The molecule has 6 heteroatoms. The van der Waals surface area contributed by atoms with Crippen LogP contribution in [-0.2, 0) is 19.1 Å². The van der Waals surface area contributed by atoms with E-state index in [2.05, 4.69) is 32.7 Å². The molecule has 0 spiro atoms. The third kappa shape index (κ3) is 5.70. The molecule has 1 amide bonds. The zero-order valence-electron chi connectivity index (χ0n) is 29.6. The van der Waals surface area contributed by atoms with Crippen molar-refractivity contribution in [2.75, 3.05) is 0 Å². The smallest absolute Gasteiger partial charge is 0.309 e. The summed E-state index contributed by atoms with van der Waals surface area (Å²) in [6, 6.07) is 0. The fraction of sp³-hybridized carbons (Fsp3) is 0.872. The van der Waals surface area contributed by atoms with E-state index in [1.165, 1.54) is 25.7 Å². The molecule has 0 radical (unpaired) electrons. The number of carboxylic acids is 1. The molecule has 6 aliphatic rings. The predicted molar refractivity (Wildman–Crippen MR) is 178 cm³/mol. The molecule has 0 heterocycles. The van der Waals surface area contributed by atoms with Gasteiger partial charge in [-0.1, -0.05) is 40.2 Å². The lowest BCUT2D eigenvalue weighted by molar-refractivity contribution is -0.207. The Morgan fingerprint density at radius 3 is 2.09 bits per heavy atom. The van der Waals surface area contributed by atoms with E-state index in [0.29, 0.717) is 41.9 Å². The minimum absolute atomic E-state index is 0.0183. The molecule has 13 unspecified atom stereocenters. The van der Waals surface area contributed by atoms with Crippen LogP contribution in [0.15, 0.2) is 12.7 Å². The van der Waals surface area contributed by atoms with Gasteiger partial charge in [-0.3, -0.25) is 14.4 Å². The lowest BCUT2D eigenvalue weighted by Crippen LogP contribution is -2.62. The highest BCUT2D eigenvalue weighted by Gasteiger charge is 2.66. The highest BCUT2D eigenvalue weighted by atomic mass is 16.5. The number of carbonyl (C=O) groups is 3. The zero-order valence-corrected chi connectivity index (χ0v) is 29.6. The first-order valence-corrected chi connectivity index (χ1v) is 18.4. The molecule has 2 N–H and O–H groups in total. The van der Waals surface area contributed by atoms with Crippen LogP contribution in [-0.4, -0.2) is 34.6 Å². The van der Waals surface area contributed by atoms with Gasteiger partial charge in [0.2, 0.25) is 5.91 Å². The summed E-state index contributed by atoms with van der Waals surface area (Å²) < 4.78 is 6.30. The third-order valence-electron chi connectivity index (χ3n) is 14.6. The van der Waals surface area contributed by atoms with Crippen molar-refractivity contribution in [3.8, 4) is 0 Å². The average molecular weight is 626 g/mol. The minimum atomic E-state index is -0.520. The van der Waals surface area contributed by atoms with Crippen LogP contribution in [0, 0.1) is 69.5 Å². The van der Waals surface area contributed by atoms with E-state index in [-0.39, 0.29) is 52.1 Å². The maximum absolute atomic E-state index is 13.3. The van der Waals surface area contributed by atoms with E-state index < -0.39 is 11.4 Å². The number of rotatable bonds is 4. The number of aliphatic carboxylic acids is 1. The van der Waals surface area contributed by atoms with Crippen LogP contribution in [0.1, 0.15) is 132 Å². The van der Waals surface area contributed by atoms with Crippen molar-refractivity contribution < 1.29 is 24.2 Å². The number of carboxylic acid groups (broad SMARTS) is 1. The lowest BCUT2D eigenvalue weighted by atomic mass is 9.37. The number of carbonyl (C=O) groups excluding carboxylic acids is 2. The molecule has 13 atom stereocenters. The summed E-state index contributed by atoms with van der Waals surface area (Å²) in [6.45, 7) is 20.7. The molecule has 0 aromatic heterocycles. The Morgan fingerprint density at radius 1 is 0.844 bits per heavy atom. The predicted octanol–water partition coefficient (Wildman–Crippen LogP) is 8.44. The highest BCUT2D eigenvalue weighted by Crippen LogP contribution is 2.72. The summed E-state index contributed by atoms with van der Waals surface area (Å²) in [5.74, 6) is 2.34. The van der Waals surface area contributed by atoms with Gasteiger partial charge in [-0.2, -0.15) is 0 Å². The van der Waals surface area contributed by atoms with E-state index in [1.807, 2.05) is 34.6 Å². The summed E-state index contributed by atoms with van der Waals surface area (Å²) in [5, 5.41) is 13.4. The molecule has 6 aliphatic carbocycles. The number of fused-ring (bicyclic) bond motifs is 7. The monoisotopic (exact) mass is 625 g/mol. The van der Waals surface area contributed by atoms with Gasteiger partial charge in [-0.15, -0.1) is 6.58 Å². The van der Waals surface area contributed by atoms with Gasteiger partial charge in [0.15, 0.2) is 0 Å². The number of allylic oxidation sites excluding steroid dienone is 1. The van der Waals surface area contributed by atoms with Crippen molar-refractivity contribution in [1.82, 2.24) is 5.32 Å². The molecule has 45 heavy (non-hydrogen) atoms. The molecule has 0 bridgehead atoms. The molecule has 6 rings (SSSR count). The Morgan fingerprint density at radius 2 is 1.47 bits per heavy atom. The third-order valence-corrected chi connectivity index (χ3v) is 14.6. The topological polar surface area (TPSA) is 92.7 Å². The van der Waals surface area contributed by atoms with Crippen molar-refractivity contribution in [3.05, 3.63) is 12.7 Å². The number of amides is 1. The molecular formula is C39H63NO5. The number of nitrogens with one attached hydrogen (secondary N) is 1. The SMILES string of the molecule is C=CC.CC1C(C(=O)NC(C)(C)C)CC1C(=O)OC1CCC2(C)C(CCC3(C)C4CCC5(C(=O)O)CCCC5C4CCC23)C1C. The summed E-state index contributed by atoms with van der Waals surface area (Å²) in [6.07, 6.45) is 14.2. The van der Waals surface area contributed by atoms with Crippen LogP contribution in [0.25, 0.3) is 0 Å². The van der Waals surface area contributed by atoms with Crippen LogP contribution in [0.2, 0.25) is 0 Å². The van der Waals surface area contributed by atoms with Gasteiger partial charge in [0.1, 0.15) is 6.10 Å². The van der Waals surface area contributed by atoms with Crippen LogP contribution < -0.4 is 5.32 Å². The summed E-state index contributed by atoms with van der Waals surface area (Å²) in [4.78, 5) is 38.5. The summed E-state index contributed by atoms with van der Waals surface area (Å²) >= 11 is 0. The largest absolute Gasteiger partial charge is 0.481 e. The van der Waals surface area contributed by atoms with Gasteiger partial charge < -0.3 is 15.2 Å². The first-order chi connectivity index (χ1) is 21.0. The van der Waals surface area contributed by atoms with E-state index in [1.54, 1.807) is 6.08 Å². The van der Waals surface area contributed by atoms with Gasteiger partial charge in [0.05, 0.1) is 11.3 Å². The minimum Gasteiger partial charge on any atom is -0.481 e. The Hall–Kier alpha value is -1.85. The van der Waals surface area contributed by atoms with Gasteiger partial charge >= 0.3 is 11.9 Å². The van der Waals surface area contributed by atoms with Crippen LogP contribution in [0.4, 0.5) is 0 Å². The molecule has 0 aromatic carbocycles. The van der Waals surface area contributed by atoms with E-state index in [9.17, 15) is 19.5 Å². The van der Waals surface area contributed by atoms with E-state index in [4.69, 9.17) is 4.74 Å². The summed E-state index contributed by atoms with van der Waals surface area (Å²) in [7, 11) is 0. The molecular weight excluding hydrogens is 562 g/mol. The van der Waals surface area contributed by atoms with Crippen LogP contribution in [0.5, 0.6) is 0 Å². The first kappa shape index (κ1) is 34.5. The number of hydrogen-bond donors (Lipinski definition) is 2. The Labute approximate surface area is 273 Å². The van der Waals surface area contributed by atoms with Crippen molar-refractivity contribution in [3.63, 3.8) is 0 Å². The van der Waals surface area contributed by atoms with Crippen LogP contribution in [0.3, 0.4) is 0 Å². The Bertz CT molecular complexity index is 1160.